The summed E-state index contributed by atoms with van der Waals surface area (Å²) in [5.74, 6) is 0.268. The molecule has 0 amide bonds. The van der Waals surface area contributed by atoms with Gasteiger partial charge in [0.1, 0.15) is 5.82 Å². The van der Waals surface area contributed by atoms with Crippen molar-refractivity contribution in [2.24, 2.45) is 0 Å². The number of hydrogen-bond donors (Lipinski definition) is 2. The molecule has 4 nitrogen and oxygen atoms in total. The number of halogens is 1. The van der Waals surface area contributed by atoms with Gasteiger partial charge in [0.2, 0.25) is 11.1 Å². The lowest BCUT2D eigenvalue weighted by atomic mass is 10.3. The van der Waals surface area contributed by atoms with Crippen molar-refractivity contribution in [3.8, 4) is 0 Å². The molecule has 0 aliphatic rings. The molecule has 0 fully saturated rings. The zero-order chi connectivity index (χ0) is 13.9. The number of rotatable bonds is 4. The van der Waals surface area contributed by atoms with E-state index in [1.54, 1.807) is 23.5 Å². The van der Waals surface area contributed by atoms with Crippen LogP contribution in [-0.4, -0.2) is 15.2 Å². The Morgan fingerprint density at radius 2 is 2.00 bits per heavy atom. The number of benzene rings is 1. The summed E-state index contributed by atoms with van der Waals surface area (Å²) in [5.41, 5.74) is 0.756. The summed E-state index contributed by atoms with van der Waals surface area (Å²) in [4.78, 5) is 5.59. The van der Waals surface area contributed by atoms with E-state index in [1.165, 1.54) is 28.8 Å². The van der Waals surface area contributed by atoms with Gasteiger partial charge < -0.3 is 5.32 Å². The number of aryl methyl sites for hydroxylation is 1. The SMILES string of the molecule is Cc1ccc(Sc2n[nH]c(Nc3ccc(F)cc3)n2)s1. The van der Waals surface area contributed by atoms with Gasteiger partial charge in [-0.1, -0.05) is 0 Å². The number of nitrogens with one attached hydrogen (secondary N) is 2. The van der Waals surface area contributed by atoms with Crippen molar-refractivity contribution in [1.82, 2.24) is 15.2 Å². The van der Waals surface area contributed by atoms with E-state index in [9.17, 15) is 4.39 Å². The highest BCUT2D eigenvalue weighted by Crippen LogP contribution is 2.31. The average molecular weight is 306 g/mol. The number of hydrogen-bond acceptors (Lipinski definition) is 5. The first-order valence-corrected chi connectivity index (χ1v) is 7.51. The van der Waals surface area contributed by atoms with Crippen LogP contribution >= 0.6 is 23.1 Å². The van der Waals surface area contributed by atoms with Crippen molar-refractivity contribution >= 4 is 34.7 Å². The fourth-order valence-electron chi connectivity index (χ4n) is 1.57. The lowest BCUT2D eigenvalue weighted by Crippen LogP contribution is -1.92. The van der Waals surface area contributed by atoms with Crippen LogP contribution in [0.15, 0.2) is 45.8 Å². The van der Waals surface area contributed by atoms with E-state index in [0.717, 1.165) is 9.90 Å². The van der Waals surface area contributed by atoms with Gasteiger partial charge in [-0.2, -0.15) is 4.98 Å². The predicted molar refractivity (Wildman–Crippen MR) is 79.2 cm³/mol. The summed E-state index contributed by atoms with van der Waals surface area (Å²) in [7, 11) is 0. The van der Waals surface area contributed by atoms with Gasteiger partial charge in [-0.15, -0.1) is 16.4 Å². The summed E-state index contributed by atoms with van der Waals surface area (Å²) < 4.78 is 14.0. The van der Waals surface area contributed by atoms with Crippen LogP contribution < -0.4 is 5.32 Å². The van der Waals surface area contributed by atoms with Gasteiger partial charge in [-0.3, -0.25) is 0 Å². The number of nitrogens with zero attached hydrogens (tertiary/aromatic N) is 2. The first-order valence-electron chi connectivity index (χ1n) is 5.88. The molecule has 1 aromatic carbocycles. The molecule has 3 rings (SSSR count). The van der Waals surface area contributed by atoms with Crippen LogP contribution in [0, 0.1) is 12.7 Å². The molecule has 2 heterocycles. The number of anilines is 2. The zero-order valence-corrected chi connectivity index (χ0v) is 12.2. The third kappa shape index (κ3) is 3.17. The van der Waals surface area contributed by atoms with Crippen molar-refractivity contribution in [1.29, 1.82) is 0 Å². The third-order valence-electron chi connectivity index (χ3n) is 2.48. The normalized spacial score (nSPS) is 10.7. The van der Waals surface area contributed by atoms with Gasteiger partial charge in [0, 0.05) is 10.6 Å². The zero-order valence-electron chi connectivity index (χ0n) is 10.6. The topological polar surface area (TPSA) is 53.6 Å². The third-order valence-corrected chi connectivity index (χ3v) is 4.48. The Labute approximate surface area is 123 Å². The van der Waals surface area contributed by atoms with Crippen molar-refractivity contribution in [3.63, 3.8) is 0 Å². The Hall–Kier alpha value is -1.86. The first kappa shape index (κ1) is 13.1. The molecule has 0 aliphatic carbocycles. The molecule has 0 saturated carbocycles. The second kappa shape index (κ2) is 5.64. The molecule has 0 radical (unpaired) electrons. The maximum Gasteiger partial charge on any atom is 0.223 e. The molecule has 2 aromatic heterocycles. The van der Waals surface area contributed by atoms with Gasteiger partial charge in [0.05, 0.1) is 4.21 Å². The molecule has 7 heteroatoms. The van der Waals surface area contributed by atoms with Crippen LogP contribution in [0.25, 0.3) is 0 Å². The maximum absolute atomic E-state index is 12.8. The molecule has 0 aliphatic heterocycles. The number of aromatic amines is 1. The van der Waals surface area contributed by atoms with Crippen molar-refractivity contribution in [2.45, 2.75) is 16.3 Å². The molecular weight excluding hydrogens is 295 g/mol. The van der Waals surface area contributed by atoms with E-state index in [4.69, 9.17) is 0 Å². The van der Waals surface area contributed by atoms with E-state index >= 15 is 0 Å². The van der Waals surface area contributed by atoms with Crippen LogP contribution in [0.4, 0.5) is 16.0 Å². The fraction of sp³-hybridized carbons (Fsp3) is 0.0769. The minimum Gasteiger partial charge on any atom is -0.325 e. The summed E-state index contributed by atoms with van der Waals surface area (Å²) >= 11 is 3.21. The molecule has 3 aromatic rings. The van der Waals surface area contributed by atoms with E-state index in [0.29, 0.717) is 11.1 Å². The highest BCUT2D eigenvalue weighted by Gasteiger charge is 2.07. The van der Waals surface area contributed by atoms with Crippen molar-refractivity contribution in [2.75, 3.05) is 5.32 Å². The van der Waals surface area contributed by atoms with Gasteiger partial charge in [0.15, 0.2) is 0 Å². The van der Waals surface area contributed by atoms with Gasteiger partial charge >= 0.3 is 0 Å². The van der Waals surface area contributed by atoms with Crippen LogP contribution in [0.3, 0.4) is 0 Å². The number of H-pyrrole nitrogens is 1. The number of aromatic nitrogens is 3. The molecular formula is C13H11FN4S2. The Balaban J connectivity index is 1.68. The van der Waals surface area contributed by atoms with Gasteiger partial charge in [-0.05, 0) is 55.1 Å². The van der Waals surface area contributed by atoms with Crippen LogP contribution in [0.1, 0.15) is 4.88 Å². The summed E-state index contributed by atoms with van der Waals surface area (Å²) in [6.07, 6.45) is 0. The van der Waals surface area contributed by atoms with Crippen molar-refractivity contribution < 1.29 is 4.39 Å². The standard InChI is InChI=1S/C13H11FN4S2/c1-8-2-7-11(19-8)20-13-16-12(17-18-13)15-10-5-3-9(14)4-6-10/h2-7H,1H3,(H2,15,16,17,18). The van der Waals surface area contributed by atoms with Crippen molar-refractivity contribution in [3.05, 3.63) is 47.1 Å². The van der Waals surface area contributed by atoms with Crippen LogP contribution in [-0.2, 0) is 0 Å². The van der Waals surface area contributed by atoms with E-state index in [1.807, 2.05) is 6.07 Å². The summed E-state index contributed by atoms with van der Waals surface area (Å²) in [6, 6.07) is 10.2. The Morgan fingerprint density at radius 3 is 2.70 bits per heavy atom. The molecule has 0 unspecified atom stereocenters. The quantitative estimate of drug-likeness (QED) is 0.758. The lowest BCUT2D eigenvalue weighted by Gasteiger charge is -2.00. The van der Waals surface area contributed by atoms with Crippen LogP contribution in [0.5, 0.6) is 0 Å². The molecule has 0 atom stereocenters. The molecule has 2 N–H and O–H groups in total. The average Bonchev–Trinajstić information content (AvgIpc) is 3.02. The largest absolute Gasteiger partial charge is 0.325 e. The highest BCUT2D eigenvalue weighted by molar-refractivity contribution is 8.01. The van der Waals surface area contributed by atoms with E-state index < -0.39 is 0 Å². The van der Waals surface area contributed by atoms with Crippen LogP contribution in [0.2, 0.25) is 0 Å². The second-order valence-electron chi connectivity index (χ2n) is 4.07. The predicted octanol–water partition coefficient (Wildman–Crippen LogP) is 4.21. The smallest absolute Gasteiger partial charge is 0.223 e. The Morgan fingerprint density at radius 1 is 1.20 bits per heavy atom. The fourth-order valence-corrected chi connectivity index (χ4v) is 3.49. The minimum atomic E-state index is -0.266. The molecule has 0 spiro atoms. The Kier molecular flexibility index (Phi) is 3.70. The van der Waals surface area contributed by atoms with E-state index in [2.05, 4.69) is 33.5 Å². The monoisotopic (exact) mass is 306 g/mol. The highest BCUT2D eigenvalue weighted by atomic mass is 32.2. The summed E-state index contributed by atoms with van der Waals surface area (Å²) in [5, 5.41) is 10.6. The maximum atomic E-state index is 12.8. The number of thiophene rings is 1. The molecule has 102 valence electrons. The second-order valence-corrected chi connectivity index (χ2v) is 6.62. The molecule has 0 bridgehead atoms. The Bertz CT molecular complexity index is 705. The lowest BCUT2D eigenvalue weighted by molar-refractivity contribution is 0.628. The van der Waals surface area contributed by atoms with E-state index in [-0.39, 0.29) is 5.82 Å². The van der Waals surface area contributed by atoms with Gasteiger partial charge in [0.25, 0.3) is 0 Å². The van der Waals surface area contributed by atoms with Gasteiger partial charge in [-0.25, -0.2) is 9.49 Å². The minimum absolute atomic E-state index is 0.266. The molecule has 20 heavy (non-hydrogen) atoms. The first-order chi connectivity index (χ1) is 9.69. The summed E-state index contributed by atoms with van der Waals surface area (Å²) in [6.45, 7) is 2.06. The molecule has 0 saturated heterocycles.